The van der Waals surface area contributed by atoms with Crippen LogP contribution in [0.2, 0.25) is 0 Å². The Balaban J connectivity index is 1.98. The van der Waals surface area contributed by atoms with Gasteiger partial charge in [-0.1, -0.05) is 42.5 Å². The third-order valence-electron chi connectivity index (χ3n) is 3.49. The summed E-state index contributed by atoms with van der Waals surface area (Å²) in [5.74, 6) is -0.801. The molecule has 0 unspecified atom stereocenters. The Hall–Kier alpha value is -3.48. The van der Waals surface area contributed by atoms with Gasteiger partial charge in [0.2, 0.25) is 0 Å². The molecular formula is C17H13N3O4. The summed E-state index contributed by atoms with van der Waals surface area (Å²) in [5, 5.41) is 11.6. The molecule has 0 saturated carbocycles. The number of nitrogen functional groups attached to an aromatic ring is 1. The number of anilines is 1. The van der Waals surface area contributed by atoms with Crippen LogP contribution in [0.5, 0.6) is 0 Å². The van der Waals surface area contributed by atoms with Crippen LogP contribution in [0.3, 0.4) is 0 Å². The lowest BCUT2D eigenvalue weighted by Gasteiger charge is -2.09. The largest absolute Gasteiger partial charge is 0.456 e. The summed E-state index contributed by atoms with van der Waals surface area (Å²) >= 11 is 0. The second kappa shape index (κ2) is 6.33. The number of hydrogen-bond acceptors (Lipinski definition) is 6. The highest BCUT2D eigenvalue weighted by Gasteiger charge is 2.26. The lowest BCUT2D eigenvalue weighted by Crippen LogP contribution is -2.12. The number of nitro groups is 1. The minimum atomic E-state index is -0.801. The highest BCUT2D eigenvalue weighted by atomic mass is 16.6. The van der Waals surface area contributed by atoms with E-state index < -0.39 is 10.9 Å². The standard InChI is InChI=1S/C17H13N3O4/c18-14-15(17(21)24-10-11-6-2-1-3-7-11)19-13-9-5-4-8-12(13)16(14)20(22)23/h1-9H,10,18H2. The number of hydrogen-bond donors (Lipinski definition) is 1. The minimum Gasteiger partial charge on any atom is -0.456 e. The average molecular weight is 323 g/mol. The minimum absolute atomic E-state index is 0.0292. The van der Waals surface area contributed by atoms with Gasteiger partial charge in [-0.05, 0) is 17.7 Å². The predicted octanol–water partition coefficient (Wildman–Crippen LogP) is 3.08. The summed E-state index contributed by atoms with van der Waals surface area (Å²) in [4.78, 5) is 27.1. The molecular weight excluding hydrogens is 310 g/mol. The Labute approximate surface area is 136 Å². The first-order valence-corrected chi connectivity index (χ1v) is 7.11. The summed E-state index contributed by atoms with van der Waals surface area (Å²) in [7, 11) is 0. The lowest BCUT2D eigenvalue weighted by molar-refractivity contribution is -0.382. The quantitative estimate of drug-likeness (QED) is 0.449. The molecule has 0 amide bonds. The summed E-state index contributed by atoms with van der Waals surface area (Å²) < 4.78 is 5.17. The number of fused-ring (bicyclic) bond motifs is 1. The van der Waals surface area contributed by atoms with E-state index in [1.807, 2.05) is 18.2 Å². The van der Waals surface area contributed by atoms with Gasteiger partial charge in [0.15, 0.2) is 5.69 Å². The van der Waals surface area contributed by atoms with Crippen LogP contribution < -0.4 is 5.73 Å². The Morgan fingerprint density at radius 1 is 1.12 bits per heavy atom. The second-order valence-corrected chi connectivity index (χ2v) is 5.06. The highest BCUT2D eigenvalue weighted by Crippen LogP contribution is 2.32. The molecule has 0 aliphatic rings. The van der Waals surface area contributed by atoms with Crippen molar-refractivity contribution in [3.63, 3.8) is 0 Å². The molecule has 1 heterocycles. The molecule has 0 atom stereocenters. The Morgan fingerprint density at radius 2 is 1.79 bits per heavy atom. The highest BCUT2D eigenvalue weighted by molar-refractivity contribution is 6.03. The normalized spacial score (nSPS) is 10.5. The van der Waals surface area contributed by atoms with Gasteiger partial charge < -0.3 is 10.5 Å². The number of carbonyl (C=O) groups excluding carboxylic acids is 1. The summed E-state index contributed by atoms with van der Waals surface area (Å²) in [6, 6.07) is 15.5. The molecule has 1 aromatic heterocycles. The molecule has 0 fully saturated rings. The van der Waals surface area contributed by atoms with Crippen LogP contribution in [0.1, 0.15) is 16.1 Å². The molecule has 0 saturated heterocycles. The van der Waals surface area contributed by atoms with Crippen molar-refractivity contribution in [1.29, 1.82) is 0 Å². The van der Waals surface area contributed by atoms with Gasteiger partial charge in [0.05, 0.1) is 15.8 Å². The monoisotopic (exact) mass is 323 g/mol. The molecule has 24 heavy (non-hydrogen) atoms. The van der Waals surface area contributed by atoms with Gasteiger partial charge in [-0.25, -0.2) is 9.78 Å². The van der Waals surface area contributed by atoms with Crippen molar-refractivity contribution in [1.82, 2.24) is 4.98 Å². The molecule has 0 aliphatic carbocycles. The lowest BCUT2D eigenvalue weighted by atomic mass is 10.1. The van der Waals surface area contributed by atoms with Crippen LogP contribution in [-0.4, -0.2) is 15.9 Å². The van der Waals surface area contributed by atoms with E-state index in [2.05, 4.69) is 4.98 Å². The van der Waals surface area contributed by atoms with E-state index in [1.54, 1.807) is 30.3 Å². The van der Waals surface area contributed by atoms with Crippen molar-refractivity contribution in [3.8, 4) is 0 Å². The fourth-order valence-corrected chi connectivity index (χ4v) is 2.35. The molecule has 0 radical (unpaired) electrons. The van der Waals surface area contributed by atoms with Crippen molar-refractivity contribution in [2.45, 2.75) is 6.61 Å². The smallest absolute Gasteiger partial charge is 0.359 e. The van der Waals surface area contributed by atoms with Crippen molar-refractivity contribution in [2.24, 2.45) is 0 Å². The molecule has 120 valence electrons. The van der Waals surface area contributed by atoms with Crippen LogP contribution >= 0.6 is 0 Å². The maximum Gasteiger partial charge on any atom is 0.359 e. The average Bonchev–Trinajstić information content (AvgIpc) is 2.59. The van der Waals surface area contributed by atoms with Crippen LogP contribution in [0.15, 0.2) is 54.6 Å². The molecule has 0 spiro atoms. The van der Waals surface area contributed by atoms with Gasteiger partial charge in [-0.3, -0.25) is 10.1 Å². The number of ether oxygens (including phenoxy) is 1. The maximum absolute atomic E-state index is 12.3. The van der Waals surface area contributed by atoms with Gasteiger partial charge in [-0.15, -0.1) is 0 Å². The van der Waals surface area contributed by atoms with Crippen molar-refractivity contribution < 1.29 is 14.5 Å². The number of nitrogens with two attached hydrogens (primary N) is 1. The number of benzene rings is 2. The summed E-state index contributed by atoms with van der Waals surface area (Å²) in [6.45, 7) is 0.0292. The summed E-state index contributed by atoms with van der Waals surface area (Å²) in [5.41, 5.74) is 6.03. The van der Waals surface area contributed by atoms with Crippen LogP contribution in [0.4, 0.5) is 11.4 Å². The Kier molecular flexibility index (Phi) is 4.07. The third kappa shape index (κ3) is 2.87. The van der Waals surface area contributed by atoms with Gasteiger partial charge in [0.25, 0.3) is 0 Å². The van der Waals surface area contributed by atoms with Crippen LogP contribution in [0.25, 0.3) is 10.9 Å². The zero-order chi connectivity index (χ0) is 17.1. The molecule has 0 aliphatic heterocycles. The molecule has 2 N–H and O–H groups in total. The van der Waals surface area contributed by atoms with E-state index in [9.17, 15) is 14.9 Å². The van der Waals surface area contributed by atoms with Crippen molar-refractivity contribution in [2.75, 3.05) is 5.73 Å². The molecule has 7 nitrogen and oxygen atoms in total. The van der Waals surface area contributed by atoms with E-state index in [1.165, 1.54) is 6.07 Å². The SMILES string of the molecule is Nc1c(C(=O)OCc2ccccc2)nc2ccccc2c1[N+](=O)[O-]. The van der Waals surface area contributed by atoms with Crippen molar-refractivity contribution in [3.05, 3.63) is 76.0 Å². The van der Waals surface area contributed by atoms with Gasteiger partial charge in [0, 0.05) is 0 Å². The second-order valence-electron chi connectivity index (χ2n) is 5.06. The van der Waals surface area contributed by atoms with Gasteiger partial charge in [0.1, 0.15) is 12.3 Å². The zero-order valence-corrected chi connectivity index (χ0v) is 12.5. The molecule has 3 aromatic rings. The topological polar surface area (TPSA) is 108 Å². The number of aromatic nitrogens is 1. The van der Waals surface area contributed by atoms with Crippen LogP contribution in [0, 0.1) is 10.1 Å². The third-order valence-corrected chi connectivity index (χ3v) is 3.49. The van der Waals surface area contributed by atoms with E-state index in [-0.39, 0.29) is 29.1 Å². The fraction of sp³-hybridized carbons (Fsp3) is 0.0588. The van der Waals surface area contributed by atoms with E-state index in [0.717, 1.165) is 5.56 Å². The number of pyridine rings is 1. The first kappa shape index (κ1) is 15.4. The number of para-hydroxylation sites is 1. The van der Waals surface area contributed by atoms with Crippen molar-refractivity contribution >= 4 is 28.2 Å². The summed E-state index contributed by atoms with van der Waals surface area (Å²) in [6.07, 6.45) is 0. The molecule has 2 aromatic carbocycles. The first-order valence-electron chi connectivity index (χ1n) is 7.11. The number of carbonyl (C=O) groups is 1. The Bertz CT molecular complexity index is 926. The molecule has 7 heteroatoms. The first-order chi connectivity index (χ1) is 11.6. The van der Waals surface area contributed by atoms with E-state index in [0.29, 0.717) is 5.52 Å². The van der Waals surface area contributed by atoms with E-state index in [4.69, 9.17) is 10.5 Å². The number of esters is 1. The Morgan fingerprint density at radius 3 is 2.50 bits per heavy atom. The fourth-order valence-electron chi connectivity index (χ4n) is 2.35. The van der Waals surface area contributed by atoms with Crippen LogP contribution in [-0.2, 0) is 11.3 Å². The number of rotatable bonds is 4. The maximum atomic E-state index is 12.3. The molecule has 3 rings (SSSR count). The van der Waals surface area contributed by atoms with Gasteiger partial charge >= 0.3 is 11.7 Å². The predicted molar refractivity (Wildman–Crippen MR) is 88.4 cm³/mol. The number of nitrogens with zero attached hydrogens (tertiary/aromatic N) is 2. The zero-order valence-electron chi connectivity index (χ0n) is 12.5. The van der Waals surface area contributed by atoms with E-state index >= 15 is 0 Å². The van der Waals surface area contributed by atoms with Gasteiger partial charge in [-0.2, -0.15) is 0 Å². The molecule has 0 bridgehead atoms.